The Balaban J connectivity index is 2.11. The van der Waals surface area contributed by atoms with Gasteiger partial charge in [-0.2, -0.15) is 0 Å². The third kappa shape index (κ3) is 2.26. The van der Waals surface area contributed by atoms with Crippen molar-refractivity contribution in [1.29, 1.82) is 0 Å². The van der Waals surface area contributed by atoms with Crippen LogP contribution in [0.25, 0.3) is 10.8 Å². The number of hydrogen-bond acceptors (Lipinski definition) is 2. The van der Waals surface area contributed by atoms with Gasteiger partial charge in [0, 0.05) is 10.6 Å². The summed E-state index contributed by atoms with van der Waals surface area (Å²) in [6.07, 6.45) is 0. The highest BCUT2D eigenvalue weighted by Crippen LogP contribution is 2.27. The maximum Gasteiger partial charge on any atom is 0.196 e. The zero-order valence-corrected chi connectivity index (χ0v) is 11.3. The molecule has 0 aliphatic rings. The van der Waals surface area contributed by atoms with Crippen molar-refractivity contribution >= 4 is 28.2 Å². The quantitative estimate of drug-likeness (QED) is 0.706. The fraction of sp³-hybridized carbons (Fsp3) is 0. The van der Waals surface area contributed by atoms with Crippen LogP contribution in [0, 0.1) is 0 Å². The Labute approximate surface area is 121 Å². The third-order valence-corrected chi connectivity index (χ3v) is 3.47. The van der Waals surface area contributed by atoms with Crippen molar-refractivity contribution in [2.24, 2.45) is 0 Å². The summed E-state index contributed by atoms with van der Waals surface area (Å²) < 4.78 is 0. The lowest BCUT2D eigenvalue weighted by Gasteiger charge is -2.06. The molecule has 20 heavy (non-hydrogen) atoms. The number of carbonyl (C=O) groups is 1. The number of phenols is 1. The molecule has 3 rings (SSSR count). The first-order valence-corrected chi connectivity index (χ1v) is 6.55. The molecule has 0 radical (unpaired) electrons. The SMILES string of the molecule is O=C(c1ccc(Cl)cc1)c1cc2ccccc2cc1O. The number of carbonyl (C=O) groups excluding carboxylic acids is 1. The summed E-state index contributed by atoms with van der Waals surface area (Å²) >= 11 is 5.81. The zero-order valence-electron chi connectivity index (χ0n) is 10.5. The number of ketones is 1. The van der Waals surface area contributed by atoms with Crippen LogP contribution in [0.3, 0.4) is 0 Å². The van der Waals surface area contributed by atoms with Crippen LogP contribution in [-0.2, 0) is 0 Å². The molecule has 2 nitrogen and oxygen atoms in total. The van der Waals surface area contributed by atoms with Crippen LogP contribution in [0.1, 0.15) is 15.9 Å². The fourth-order valence-corrected chi connectivity index (χ4v) is 2.29. The van der Waals surface area contributed by atoms with Gasteiger partial charge in [-0.25, -0.2) is 0 Å². The van der Waals surface area contributed by atoms with Crippen molar-refractivity contribution in [3.8, 4) is 5.75 Å². The molecule has 0 aliphatic heterocycles. The minimum absolute atomic E-state index is 0.0105. The molecule has 0 bridgehead atoms. The standard InChI is InChI=1S/C17H11ClO2/c18-14-7-5-11(6-8-14)17(20)15-9-12-3-1-2-4-13(12)10-16(15)19/h1-10,19H. The molecule has 1 N–H and O–H groups in total. The molecule has 98 valence electrons. The van der Waals surface area contributed by atoms with E-state index in [4.69, 9.17) is 11.6 Å². The number of phenolic OH excluding ortho intramolecular Hbond substituents is 1. The van der Waals surface area contributed by atoms with Crippen molar-refractivity contribution < 1.29 is 9.90 Å². The topological polar surface area (TPSA) is 37.3 Å². The predicted molar refractivity (Wildman–Crippen MR) is 80.5 cm³/mol. The highest BCUT2D eigenvalue weighted by atomic mass is 35.5. The second-order valence-corrected chi connectivity index (χ2v) is 4.99. The van der Waals surface area contributed by atoms with Crippen LogP contribution < -0.4 is 0 Å². The molecule has 0 atom stereocenters. The maximum absolute atomic E-state index is 12.4. The number of benzene rings is 3. The average Bonchev–Trinajstić information content (AvgIpc) is 2.46. The minimum atomic E-state index is -0.218. The molecule has 0 aliphatic carbocycles. The van der Waals surface area contributed by atoms with Crippen LogP contribution >= 0.6 is 11.6 Å². The van der Waals surface area contributed by atoms with Crippen LogP contribution in [0.5, 0.6) is 5.75 Å². The van der Waals surface area contributed by atoms with Gasteiger partial charge >= 0.3 is 0 Å². The van der Waals surface area contributed by atoms with Gasteiger partial charge in [-0.15, -0.1) is 0 Å². The lowest BCUT2D eigenvalue weighted by molar-refractivity contribution is 0.103. The van der Waals surface area contributed by atoms with Gasteiger partial charge in [-0.1, -0.05) is 35.9 Å². The molecule has 0 heterocycles. The third-order valence-electron chi connectivity index (χ3n) is 3.22. The van der Waals surface area contributed by atoms with E-state index in [1.807, 2.05) is 24.3 Å². The van der Waals surface area contributed by atoms with Crippen molar-refractivity contribution in [2.75, 3.05) is 0 Å². The first-order valence-electron chi connectivity index (χ1n) is 6.17. The molecule has 3 aromatic rings. The minimum Gasteiger partial charge on any atom is -0.507 e. The van der Waals surface area contributed by atoms with Crippen molar-refractivity contribution in [3.63, 3.8) is 0 Å². The summed E-state index contributed by atoms with van der Waals surface area (Å²) in [5.41, 5.74) is 0.797. The lowest BCUT2D eigenvalue weighted by atomic mass is 9.99. The van der Waals surface area contributed by atoms with E-state index in [2.05, 4.69) is 0 Å². The largest absolute Gasteiger partial charge is 0.507 e. The van der Waals surface area contributed by atoms with E-state index in [9.17, 15) is 9.90 Å². The van der Waals surface area contributed by atoms with Gasteiger partial charge in [0.05, 0.1) is 5.56 Å². The van der Waals surface area contributed by atoms with Gasteiger partial charge in [-0.05, 0) is 47.2 Å². The highest BCUT2D eigenvalue weighted by molar-refractivity contribution is 6.30. The highest BCUT2D eigenvalue weighted by Gasteiger charge is 2.14. The van der Waals surface area contributed by atoms with E-state index in [1.54, 1.807) is 36.4 Å². The molecular weight excluding hydrogens is 272 g/mol. The summed E-state index contributed by atoms with van der Waals surface area (Å²) in [5.74, 6) is -0.228. The average molecular weight is 283 g/mol. The van der Waals surface area contributed by atoms with Crippen LogP contribution in [0.4, 0.5) is 0 Å². The molecule has 3 aromatic carbocycles. The van der Waals surface area contributed by atoms with E-state index >= 15 is 0 Å². The van der Waals surface area contributed by atoms with E-state index in [1.165, 1.54) is 0 Å². The Bertz CT molecular complexity index is 792. The zero-order chi connectivity index (χ0) is 14.1. The molecule has 0 saturated carbocycles. The monoisotopic (exact) mass is 282 g/mol. The Morgan fingerprint density at radius 3 is 2.15 bits per heavy atom. The molecule has 0 aromatic heterocycles. The number of fused-ring (bicyclic) bond motifs is 1. The summed E-state index contributed by atoms with van der Waals surface area (Å²) in [4.78, 5) is 12.4. The number of rotatable bonds is 2. The second-order valence-electron chi connectivity index (χ2n) is 4.55. The van der Waals surface area contributed by atoms with Crippen molar-refractivity contribution in [1.82, 2.24) is 0 Å². The van der Waals surface area contributed by atoms with Crippen molar-refractivity contribution in [2.45, 2.75) is 0 Å². The molecule has 0 spiro atoms. The van der Waals surface area contributed by atoms with Crippen LogP contribution in [-0.4, -0.2) is 10.9 Å². The normalized spacial score (nSPS) is 10.7. The summed E-state index contributed by atoms with van der Waals surface area (Å²) in [7, 11) is 0. The van der Waals surface area contributed by atoms with Gasteiger partial charge in [-0.3, -0.25) is 4.79 Å². The first-order chi connectivity index (χ1) is 9.65. The predicted octanol–water partition coefficient (Wildman–Crippen LogP) is 4.43. The van der Waals surface area contributed by atoms with E-state index in [0.717, 1.165) is 10.8 Å². The molecule has 0 fully saturated rings. The van der Waals surface area contributed by atoms with Crippen LogP contribution in [0.2, 0.25) is 5.02 Å². The Morgan fingerprint density at radius 2 is 1.50 bits per heavy atom. The Hall–Kier alpha value is -2.32. The number of aromatic hydroxyl groups is 1. The van der Waals surface area contributed by atoms with Gasteiger partial charge in [0.1, 0.15) is 5.75 Å². The molecular formula is C17H11ClO2. The maximum atomic E-state index is 12.4. The number of hydrogen-bond donors (Lipinski definition) is 1. The van der Waals surface area contributed by atoms with Crippen LogP contribution in [0.15, 0.2) is 60.7 Å². The Morgan fingerprint density at radius 1 is 0.900 bits per heavy atom. The second kappa shape index (κ2) is 4.99. The van der Waals surface area contributed by atoms with Gasteiger partial charge in [0.15, 0.2) is 5.78 Å². The lowest BCUT2D eigenvalue weighted by Crippen LogP contribution is -2.01. The molecule has 0 unspecified atom stereocenters. The molecule has 0 saturated heterocycles. The van der Waals surface area contributed by atoms with Crippen molar-refractivity contribution in [3.05, 3.63) is 76.8 Å². The fourth-order valence-electron chi connectivity index (χ4n) is 2.17. The Kier molecular flexibility index (Phi) is 3.17. The number of halogens is 1. The van der Waals surface area contributed by atoms with E-state index < -0.39 is 0 Å². The van der Waals surface area contributed by atoms with Gasteiger partial charge in [0.2, 0.25) is 0 Å². The molecule has 3 heteroatoms. The molecule has 0 amide bonds. The first kappa shape index (κ1) is 12.7. The van der Waals surface area contributed by atoms with E-state index in [0.29, 0.717) is 16.1 Å². The van der Waals surface area contributed by atoms with E-state index in [-0.39, 0.29) is 11.5 Å². The summed E-state index contributed by atoms with van der Waals surface area (Å²) in [5, 5.41) is 12.4. The summed E-state index contributed by atoms with van der Waals surface area (Å²) in [6, 6.07) is 17.5. The summed E-state index contributed by atoms with van der Waals surface area (Å²) in [6.45, 7) is 0. The smallest absolute Gasteiger partial charge is 0.196 e. The van der Waals surface area contributed by atoms with Gasteiger partial charge in [0.25, 0.3) is 0 Å². The van der Waals surface area contributed by atoms with Gasteiger partial charge < -0.3 is 5.11 Å².